The van der Waals surface area contributed by atoms with Crippen molar-refractivity contribution in [2.24, 2.45) is 0 Å². The Morgan fingerprint density at radius 1 is 0.700 bits per heavy atom. The second-order valence-corrected chi connectivity index (χ2v) is 0.274. The Morgan fingerprint density at radius 2 is 0.700 bits per heavy atom. The zero-order chi connectivity index (χ0) is 8.12. The summed E-state index contributed by atoms with van der Waals surface area (Å²) in [5, 5.41) is 45.0. The van der Waals surface area contributed by atoms with Gasteiger partial charge in [-0.2, -0.15) is 0 Å². The summed E-state index contributed by atoms with van der Waals surface area (Å²) in [6, 6.07) is 0. The molecule has 0 fully saturated rings. The molecule has 6 nitrogen and oxygen atoms in total. The molecule has 0 atom stereocenters. The molecule has 0 aromatic rings. The minimum Gasteiger partial charge on any atom is -0.812 e. The molecule has 0 saturated heterocycles. The molecule has 0 unspecified atom stereocenters. The van der Waals surface area contributed by atoms with Crippen LogP contribution in [0.1, 0.15) is 0 Å². The molecule has 7 heteroatoms. The Hall–Kier alpha value is -0.935. The molecule has 10 heavy (non-hydrogen) atoms. The first kappa shape index (κ1) is 23.0. The first-order valence-corrected chi connectivity index (χ1v) is 1.28. The van der Waals surface area contributed by atoms with Gasteiger partial charge in [0.25, 0.3) is 0 Å². The fraction of sp³-hybridized carbons (Fsp3) is 0. The molecular weight excluding hydrogens is 265 g/mol. The Balaban J connectivity index is -0.0000000257. The fourth-order valence-electron chi connectivity index (χ4n) is 0. The summed E-state index contributed by atoms with van der Waals surface area (Å²) in [7, 11) is 0. The quantitative estimate of drug-likeness (QED) is 0.416. The second-order valence-electron chi connectivity index (χ2n) is 0.274. The summed E-state index contributed by atoms with van der Waals surface area (Å²) >= 11 is 0. The van der Waals surface area contributed by atoms with E-state index in [4.69, 9.17) is 31.1 Å². The van der Waals surface area contributed by atoms with Gasteiger partial charge < -0.3 is 15.3 Å². The molecule has 0 heterocycles. The van der Waals surface area contributed by atoms with Crippen molar-refractivity contribution < 1.29 is 50.9 Å². The van der Waals surface area contributed by atoms with E-state index >= 15 is 0 Å². The normalized spacial score (nSPS) is 2.10. The van der Waals surface area contributed by atoms with Crippen molar-refractivity contribution in [2.75, 3.05) is 0 Å². The van der Waals surface area contributed by atoms with Crippen LogP contribution in [0.5, 0.6) is 0 Å². The van der Waals surface area contributed by atoms with Gasteiger partial charge in [0.2, 0.25) is 0 Å². The summed E-state index contributed by atoms with van der Waals surface area (Å²) in [5.41, 5.74) is 0. The van der Waals surface area contributed by atoms with Crippen molar-refractivity contribution in [1.82, 2.24) is 0 Å². The third-order valence-electron chi connectivity index (χ3n) is 0. The van der Waals surface area contributed by atoms with Crippen LogP contribution in [0.3, 0.4) is 0 Å². The predicted molar refractivity (Wildman–Crippen MR) is 16.8 cm³/mol. The summed E-state index contributed by atoms with van der Waals surface area (Å²) in [6.07, 6.45) is 1.50. The van der Waals surface area contributed by atoms with Crippen molar-refractivity contribution in [3.05, 3.63) is 0 Å². The molecular formula is C3LaN3O3. The fourth-order valence-corrected chi connectivity index (χ4v) is 0. The number of hydrogen-bond acceptors (Lipinski definition) is 6. The predicted octanol–water partition coefficient (Wildman–Crippen LogP) is -3.52. The van der Waals surface area contributed by atoms with Crippen molar-refractivity contribution >= 4 is 0 Å². The van der Waals surface area contributed by atoms with E-state index in [0.717, 1.165) is 0 Å². The molecule has 0 aliphatic carbocycles. The van der Waals surface area contributed by atoms with Crippen LogP contribution in [-0.4, -0.2) is 0 Å². The summed E-state index contributed by atoms with van der Waals surface area (Å²) in [5.74, 6) is 0. The van der Waals surface area contributed by atoms with Gasteiger partial charge in [-0.1, -0.05) is 0 Å². The van der Waals surface area contributed by atoms with Gasteiger partial charge in [0.05, 0.1) is 0 Å². The minimum atomic E-state index is 0. The van der Waals surface area contributed by atoms with E-state index in [2.05, 4.69) is 0 Å². The van der Waals surface area contributed by atoms with E-state index in [1.807, 2.05) is 0 Å². The molecule has 0 aliphatic rings. The van der Waals surface area contributed by atoms with Gasteiger partial charge in [-0.25, -0.2) is 15.8 Å². The number of rotatable bonds is 0. The molecule has 0 radical (unpaired) electrons. The molecule has 0 amide bonds. The Labute approximate surface area is 85.1 Å². The molecule has 0 rings (SSSR count). The Kier molecular flexibility index (Phi) is 217. The van der Waals surface area contributed by atoms with Crippen LogP contribution in [0, 0.1) is 70.2 Å². The monoisotopic (exact) mass is 265 g/mol. The summed E-state index contributed by atoms with van der Waals surface area (Å²) < 4.78 is 0. The van der Waals surface area contributed by atoms with E-state index in [9.17, 15) is 0 Å². The van der Waals surface area contributed by atoms with Gasteiger partial charge in [0.15, 0.2) is 0 Å². The first-order chi connectivity index (χ1) is 4.24. The van der Waals surface area contributed by atoms with E-state index < -0.39 is 0 Å². The molecule has 0 bridgehead atoms. The third kappa shape index (κ3) is 297. The van der Waals surface area contributed by atoms with Gasteiger partial charge in [-0.15, -0.1) is 0 Å². The smallest absolute Gasteiger partial charge is 0.812 e. The number of hydrogen-bond donors (Lipinski definition) is 0. The van der Waals surface area contributed by atoms with Crippen LogP contribution >= 0.6 is 0 Å². The van der Waals surface area contributed by atoms with Gasteiger partial charge >= 0.3 is 35.6 Å². The van der Waals surface area contributed by atoms with Crippen molar-refractivity contribution in [3.63, 3.8) is 0 Å². The third-order valence-corrected chi connectivity index (χ3v) is 0. The maximum atomic E-state index is 8.24. The van der Waals surface area contributed by atoms with Crippen LogP contribution in [0.2, 0.25) is 0 Å². The molecule has 0 N–H and O–H groups in total. The van der Waals surface area contributed by atoms with Crippen LogP contribution < -0.4 is 15.3 Å². The van der Waals surface area contributed by atoms with Crippen LogP contribution in [0.15, 0.2) is 0 Å². The maximum absolute atomic E-state index is 8.24. The average Bonchev–Trinajstić information content (AvgIpc) is 1.70. The van der Waals surface area contributed by atoms with Crippen molar-refractivity contribution in [3.8, 4) is 18.8 Å². The van der Waals surface area contributed by atoms with Gasteiger partial charge in [-0.05, 0) is 0 Å². The number of nitriles is 3. The second kappa shape index (κ2) is 94.4. The van der Waals surface area contributed by atoms with E-state index in [1.165, 1.54) is 0 Å². The molecule has 0 spiro atoms. The zero-order valence-electron chi connectivity index (χ0n) is 4.64. The SMILES string of the molecule is N#C[O-].N#C[O-].N#C[O-].[La+3]. The van der Waals surface area contributed by atoms with Gasteiger partial charge in [0.1, 0.15) is 0 Å². The molecule has 0 aliphatic heterocycles. The zero-order valence-corrected chi connectivity index (χ0v) is 8.27. The molecule has 0 aromatic carbocycles. The average molecular weight is 265 g/mol. The largest absolute Gasteiger partial charge is 3.00 e. The van der Waals surface area contributed by atoms with E-state index in [0.29, 0.717) is 18.8 Å². The summed E-state index contributed by atoms with van der Waals surface area (Å²) in [6.45, 7) is 0. The molecule has 0 aromatic heterocycles. The molecule has 0 saturated carbocycles. The number of nitrogens with zero attached hydrogens (tertiary/aromatic N) is 3. The van der Waals surface area contributed by atoms with Crippen molar-refractivity contribution in [1.29, 1.82) is 15.8 Å². The van der Waals surface area contributed by atoms with Gasteiger partial charge in [0, 0.05) is 18.8 Å². The Morgan fingerprint density at radius 3 is 0.700 bits per heavy atom. The van der Waals surface area contributed by atoms with Crippen LogP contribution in [-0.2, 0) is 0 Å². The molecule has 48 valence electrons. The van der Waals surface area contributed by atoms with Crippen LogP contribution in [0.25, 0.3) is 0 Å². The topological polar surface area (TPSA) is 141 Å². The maximum Gasteiger partial charge on any atom is 3.00 e. The van der Waals surface area contributed by atoms with Crippen LogP contribution in [0.4, 0.5) is 0 Å². The summed E-state index contributed by atoms with van der Waals surface area (Å²) in [4.78, 5) is 0. The van der Waals surface area contributed by atoms with E-state index in [1.54, 1.807) is 0 Å². The van der Waals surface area contributed by atoms with Crippen molar-refractivity contribution in [2.45, 2.75) is 0 Å². The van der Waals surface area contributed by atoms with E-state index in [-0.39, 0.29) is 35.6 Å². The minimum absolute atomic E-state index is 0. The van der Waals surface area contributed by atoms with Gasteiger partial charge in [-0.3, -0.25) is 0 Å². The first-order valence-electron chi connectivity index (χ1n) is 1.28. The Bertz CT molecular complexity index is 112. The standard InChI is InChI=1S/3CHNO.La/c3*2-1-3;/h3*3H;/q;;;+3/p-3.